The molecule has 0 spiro atoms. The number of alkyl halides is 1. The van der Waals surface area contributed by atoms with Gasteiger partial charge in [-0.1, -0.05) is 57.6 Å². The molecule has 1 aromatic carbocycles. The van der Waals surface area contributed by atoms with Crippen molar-refractivity contribution in [1.29, 1.82) is 0 Å². The molecule has 0 saturated heterocycles. The molecule has 1 N–H and O–H groups in total. The number of nitrogens with zero attached hydrogens (tertiary/aromatic N) is 2. The van der Waals surface area contributed by atoms with E-state index in [1.54, 1.807) is 0 Å². The molecule has 4 saturated carbocycles. The largest absolute Gasteiger partial charge is 0.301 e. The molecule has 2 aromatic rings. The smallest absolute Gasteiger partial charge is 0.226 e. The summed E-state index contributed by atoms with van der Waals surface area (Å²) in [4.78, 5) is 12.8. The predicted molar refractivity (Wildman–Crippen MR) is 111 cm³/mol. The Labute approximate surface area is 172 Å². The second kappa shape index (κ2) is 6.66. The topological polar surface area (TPSA) is 54.9 Å². The summed E-state index contributed by atoms with van der Waals surface area (Å²) in [6, 6.07) is 10.2. The molecule has 4 bridgehead atoms. The Morgan fingerprint density at radius 1 is 1.15 bits per heavy atom. The second-order valence-electron chi connectivity index (χ2n) is 9.00. The van der Waals surface area contributed by atoms with Crippen LogP contribution in [-0.4, -0.2) is 20.4 Å². The molecule has 6 heteroatoms. The fourth-order valence-corrected chi connectivity index (χ4v) is 8.49. The lowest BCUT2D eigenvalue weighted by atomic mass is 9.48. The first-order chi connectivity index (χ1) is 13.0. The number of anilines is 1. The molecule has 1 amide bonds. The van der Waals surface area contributed by atoms with E-state index in [1.165, 1.54) is 49.0 Å². The molecule has 4 aliphatic rings. The van der Waals surface area contributed by atoms with Crippen molar-refractivity contribution in [2.75, 3.05) is 5.32 Å². The number of hydrogen-bond acceptors (Lipinski definition) is 4. The third kappa shape index (κ3) is 3.70. The van der Waals surface area contributed by atoms with Crippen molar-refractivity contribution in [2.45, 2.75) is 55.7 Å². The first-order valence-corrected chi connectivity index (χ1v) is 11.5. The fourth-order valence-electron chi connectivity index (χ4n) is 6.19. The van der Waals surface area contributed by atoms with Gasteiger partial charge in [0.05, 0.1) is 0 Å². The predicted octanol–water partition coefficient (Wildman–Crippen LogP) is 5.19. The highest BCUT2D eigenvalue weighted by Crippen LogP contribution is 2.65. The van der Waals surface area contributed by atoms with E-state index in [-0.39, 0.29) is 11.3 Å². The van der Waals surface area contributed by atoms with Crippen LogP contribution in [0.15, 0.2) is 30.3 Å². The van der Waals surface area contributed by atoms with Gasteiger partial charge in [0.2, 0.25) is 11.0 Å². The van der Waals surface area contributed by atoms with Crippen LogP contribution in [0.2, 0.25) is 0 Å². The van der Waals surface area contributed by atoms with E-state index in [1.807, 2.05) is 18.2 Å². The SMILES string of the molecule is O=C(CC12CC3CC(CC(Br)(C3)C1)C2)Nc1nnc(Cc2ccccc2)s1. The minimum atomic E-state index is 0.107. The fraction of sp³-hybridized carbons (Fsp3) is 0.571. The highest BCUT2D eigenvalue weighted by molar-refractivity contribution is 9.10. The van der Waals surface area contributed by atoms with Crippen LogP contribution < -0.4 is 5.32 Å². The van der Waals surface area contributed by atoms with Crippen molar-refractivity contribution >= 4 is 38.3 Å². The summed E-state index contributed by atoms with van der Waals surface area (Å²) >= 11 is 5.52. The summed E-state index contributed by atoms with van der Waals surface area (Å²) in [6.07, 6.45) is 8.94. The molecule has 0 aliphatic heterocycles. The van der Waals surface area contributed by atoms with Crippen LogP contribution in [0.25, 0.3) is 0 Å². The summed E-state index contributed by atoms with van der Waals surface area (Å²) in [5.41, 5.74) is 1.40. The monoisotopic (exact) mass is 445 g/mol. The zero-order valence-corrected chi connectivity index (χ0v) is 17.7. The van der Waals surface area contributed by atoms with Crippen molar-refractivity contribution in [3.05, 3.63) is 40.9 Å². The van der Waals surface area contributed by atoms with Crippen LogP contribution in [-0.2, 0) is 11.2 Å². The lowest BCUT2D eigenvalue weighted by Crippen LogP contribution is -2.53. The van der Waals surface area contributed by atoms with Crippen LogP contribution >= 0.6 is 27.3 Å². The zero-order valence-electron chi connectivity index (χ0n) is 15.3. The maximum atomic E-state index is 12.8. The number of halogens is 1. The Bertz CT molecular complexity index is 838. The number of amides is 1. The number of aromatic nitrogens is 2. The molecular formula is C21H24BrN3OS. The maximum Gasteiger partial charge on any atom is 0.226 e. The summed E-state index contributed by atoms with van der Waals surface area (Å²) in [5.74, 6) is 1.71. The zero-order chi connectivity index (χ0) is 18.5. The average Bonchev–Trinajstić information content (AvgIpc) is 2.99. The second-order valence-corrected chi connectivity index (χ2v) is 11.7. The summed E-state index contributed by atoms with van der Waals surface area (Å²) in [7, 11) is 0. The third-order valence-electron chi connectivity index (χ3n) is 6.56. The number of carbonyl (C=O) groups excluding carboxylic acids is 1. The highest BCUT2D eigenvalue weighted by Gasteiger charge is 2.57. The third-order valence-corrected chi connectivity index (χ3v) is 8.32. The van der Waals surface area contributed by atoms with Crippen molar-refractivity contribution in [3.63, 3.8) is 0 Å². The first kappa shape index (κ1) is 17.8. The molecule has 1 heterocycles. The lowest BCUT2D eigenvalue weighted by Gasteiger charge is -2.60. The lowest BCUT2D eigenvalue weighted by molar-refractivity contribution is -0.123. The number of nitrogens with one attached hydrogen (secondary N) is 1. The van der Waals surface area contributed by atoms with Gasteiger partial charge < -0.3 is 5.32 Å². The summed E-state index contributed by atoms with van der Waals surface area (Å²) in [6.45, 7) is 0. The molecule has 2 unspecified atom stereocenters. The van der Waals surface area contributed by atoms with Crippen LogP contribution in [0.3, 0.4) is 0 Å². The Hall–Kier alpha value is -1.27. The van der Waals surface area contributed by atoms with Gasteiger partial charge in [-0.2, -0.15) is 0 Å². The molecular weight excluding hydrogens is 422 g/mol. The van der Waals surface area contributed by atoms with Gasteiger partial charge in [0, 0.05) is 17.2 Å². The minimum Gasteiger partial charge on any atom is -0.301 e. The Morgan fingerprint density at radius 3 is 2.59 bits per heavy atom. The van der Waals surface area contributed by atoms with Crippen LogP contribution in [0, 0.1) is 17.3 Å². The van der Waals surface area contributed by atoms with E-state index in [4.69, 9.17) is 0 Å². The molecule has 4 nitrogen and oxygen atoms in total. The first-order valence-electron chi connectivity index (χ1n) is 9.84. The summed E-state index contributed by atoms with van der Waals surface area (Å²) < 4.78 is 0.295. The Kier molecular flexibility index (Phi) is 4.39. The molecule has 4 aliphatic carbocycles. The van der Waals surface area contributed by atoms with Crippen molar-refractivity contribution in [1.82, 2.24) is 10.2 Å². The number of benzene rings is 1. The minimum absolute atomic E-state index is 0.107. The van der Waals surface area contributed by atoms with Crippen molar-refractivity contribution in [2.24, 2.45) is 17.3 Å². The molecule has 27 heavy (non-hydrogen) atoms. The maximum absolute atomic E-state index is 12.8. The van der Waals surface area contributed by atoms with E-state index in [0.717, 1.165) is 29.7 Å². The standard InChI is InChI=1S/C21H24BrN3OS/c22-21-10-15-6-16(11-21)9-20(8-15,13-21)12-17(26)23-19-25-24-18(27-19)7-14-4-2-1-3-5-14/h1-5,15-16H,6-13H2,(H,23,25,26). The molecule has 2 atom stereocenters. The van der Waals surface area contributed by atoms with E-state index in [2.05, 4.69) is 43.6 Å². The molecule has 0 radical (unpaired) electrons. The van der Waals surface area contributed by atoms with Gasteiger partial charge in [-0.15, -0.1) is 10.2 Å². The number of rotatable bonds is 5. The Balaban J connectivity index is 1.23. The van der Waals surface area contributed by atoms with Crippen molar-refractivity contribution in [3.8, 4) is 0 Å². The Morgan fingerprint density at radius 2 is 1.89 bits per heavy atom. The summed E-state index contributed by atoms with van der Waals surface area (Å²) in [5, 5.41) is 13.0. The normalized spacial score (nSPS) is 34.0. The molecule has 142 valence electrons. The average molecular weight is 446 g/mol. The van der Waals surface area contributed by atoms with E-state index in [9.17, 15) is 4.79 Å². The van der Waals surface area contributed by atoms with Gasteiger partial charge >= 0.3 is 0 Å². The molecule has 6 rings (SSSR count). The quantitative estimate of drug-likeness (QED) is 0.643. The van der Waals surface area contributed by atoms with Gasteiger partial charge in [-0.05, 0) is 61.3 Å². The molecule has 4 fully saturated rings. The number of hydrogen-bond donors (Lipinski definition) is 1. The number of carbonyl (C=O) groups is 1. The van der Waals surface area contributed by atoms with E-state index in [0.29, 0.717) is 15.9 Å². The van der Waals surface area contributed by atoms with Crippen LogP contribution in [0.5, 0.6) is 0 Å². The van der Waals surface area contributed by atoms with Gasteiger partial charge in [0.25, 0.3) is 0 Å². The van der Waals surface area contributed by atoms with Crippen LogP contribution in [0.4, 0.5) is 5.13 Å². The van der Waals surface area contributed by atoms with Gasteiger partial charge in [-0.3, -0.25) is 4.79 Å². The van der Waals surface area contributed by atoms with Crippen LogP contribution in [0.1, 0.15) is 55.5 Å². The van der Waals surface area contributed by atoms with E-state index < -0.39 is 0 Å². The molecule has 1 aromatic heterocycles. The van der Waals surface area contributed by atoms with Crippen molar-refractivity contribution < 1.29 is 4.79 Å². The highest BCUT2D eigenvalue weighted by atomic mass is 79.9. The van der Waals surface area contributed by atoms with Gasteiger partial charge in [-0.25, -0.2) is 0 Å². The van der Waals surface area contributed by atoms with E-state index >= 15 is 0 Å². The van der Waals surface area contributed by atoms with Gasteiger partial charge in [0.15, 0.2) is 0 Å². The van der Waals surface area contributed by atoms with Gasteiger partial charge in [0.1, 0.15) is 5.01 Å².